The molecule has 0 amide bonds. The molecular formula is C10H13Cl. The largest absolute Gasteiger partial charge is 0.106 e. The van der Waals surface area contributed by atoms with Crippen molar-refractivity contribution in [2.75, 3.05) is 0 Å². The van der Waals surface area contributed by atoms with Gasteiger partial charge in [0.05, 0.1) is 0 Å². The van der Waals surface area contributed by atoms with E-state index in [2.05, 4.69) is 20.1 Å². The molecule has 0 nitrogen and oxygen atoms in total. The molecule has 0 aliphatic carbocycles. The lowest BCUT2D eigenvalue weighted by Crippen LogP contribution is -1.78. The average Bonchev–Trinajstić information content (AvgIpc) is 2.09. The molecule has 0 bridgehead atoms. The Morgan fingerprint density at radius 1 is 1.27 bits per heavy atom. The van der Waals surface area contributed by atoms with E-state index in [0.29, 0.717) is 0 Å². The summed E-state index contributed by atoms with van der Waals surface area (Å²) in [4.78, 5) is 0. The summed E-state index contributed by atoms with van der Waals surface area (Å²) in [5.74, 6) is 0. The molecule has 0 radical (unpaired) electrons. The van der Waals surface area contributed by atoms with E-state index in [9.17, 15) is 0 Å². The van der Waals surface area contributed by atoms with E-state index in [1.54, 1.807) is 0 Å². The van der Waals surface area contributed by atoms with Crippen LogP contribution in [0.15, 0.2) is 37.4 Å². The van der Waals surface area contributed by atoms with Crippen LogP contribution >= 0.6 is 11.6 Å². The van der Waals surface area contributed by atoms with Crippen molar-refractivity contribution in [1.29, 1.82) is 0 Å². The number of rotatable bonds is 1. The van der Waals surface area contributed by atoms with Crippen molar-refractivity contribution in [3.8, 4) is 0 Å². The predicted molar refractivity (Wildman–Crippen MR) is 52.1 cm³/mol. The first-order chi connectivity index (χ1) is 5.34. The average molecular weight is 169 g/mol. The van der Waals surface area contributed by atoms with Crippen LogP contribution in [0.5, 0.6) is 0 Å². The third kappa shape index (κ3) is 3.24. The number of hydrogen-bond donors (Lipinski definition) is 0. The van der Waals surface area contributed by atoms with E-state index in [1.165, 1.54) is 5.56 Å². The van der Waals surface area contributed by atoms with Gasteiger partial charge in [0.25, 0.3) is 0 Å². The highest BCUT2D eigenvalue weighted by Crippen LogP contribution is 2.14. The molecule has 0 aliphatic heterocycles. The molecule has 1 heteroatoms. The Labute approximate surface area is 73.5 Å². The smallest absolute Gasteiger partial charge is 0.0437 e. The van der Waals surface area contributed by atoms with Crippen LogP contribution in [0, 0.1) is 0 Å². The van der Waals surface area contributed by atoms with Crippen LogP contribution in [0.1, 0.15) is 12.5 Å². The number of aryl methyl sites for hydroxylation is 1. The Kier molecular flexibility index (Phi) is 5.58. The molecule has 0 saturated heterocycles. The molecule has 0 atom stereocenters. The minimum absolute atomic E-state index is 0.875. The van der Waals surface area contributed by atoms with E-state index in [-0.39, 0.29) is 0 Å². The summed E-state index contributed by atoms with van der Waals surface area (Å²) in [6.45, 7) is 8.10. The maximum Gasteiger partial charge on any atom is 0.0437 e. The van der Waals surface area contributed by atoms with Gasteiger partial charge in [0, 0.05) is 5.02 Å². The molecule has 11 heavy (non-hydrogen) atoms. The summed E-state index contributed by atoms with van der Waals surface area (Å²) in [5.41, 5.74) is 1.22. The van der Waals surface area contributed by atoms with E-state index in [1.807, 2.05) is 24.3 Å². The number of benzene rings is 1. The first-order valence-electron chi connectivity index (χ1n) is 3.58. The maximum atomic E-state index is 5.82. The van der Waals surface area contributed by atoms with Gasteiger partial charge in [-0.05, 0) is 18.1 Å². The van der Waals surface area contributed by atoms with Gasteiger partial charge in [-0.3, -0.25) is 0 Å². The van der Waals surface area contributed by atoms with Gasteiger partial charge >= 0.3 is 0 Å². The molecule has 0 unspecified atom stereocenters. The number of hydrogen-bond acceptors (Lipinski definition) is 0. The minimum Gasteiger partial charge on any atom is -0.106 e. The highest BCUT2D eigenvalue weighted by Gasteiger charge is 1.91. The first kappa shape index (κ1) is 10.2. The van der Waals surface area contributed by atoms with Crippen LogP contribution in [0.4, 0.5) is 0 Å². The molecule has 0 saturated carbocycles. The first-order valence-corrected chi connectivity index (χ1v) is 3.95. The normalized spacial score (nSPS) is 8.18. The summed E-state index contributed by atoms with van der Waals surface area (Å²) in [6, 6.07) is 7.91. The Bertz CT molecular complexity index is 206. The molecule has 0 heterocycles. The van der Waals surface area contributed by atoms with Gasteiger partial charge in [-0.1, -0.05) is 36.7 Å². The Morgan fingerprint density at radius 3 is 2.18 bits per heavy atom. The third-order valence-electron chi connectivity index (χ3n) is 1.34. The molecule has 60 valence electrons. The Balaban J connectivity index is 0.000000461. The van der Waals surface area contributed by atoms with E-state index in [0.717, 1.165) is 11.4 Å². The fraction of sp³-hybridized carbons (Fsp3) is 0.200. The van der Waals surface area contributed by atoms with Crippen molar-refractivity contribution in [2.24, 2.45) is 0 Å². The lowest BCUT2D eigenvalue weighted by atomic mass is 10.2. The van der Waals surface area contributed by atoms with E-state index < -0.39 is 0 Å². The highest BCUT2D eigenvalue weighted by atomic mass is 35.5. The zero-order valence-electron chi connectivity index (χ0n) is 6.81. The lowest BCUT2D eigenvalue weighted by Gasteiger charge is -1.96. The van der Waals surface area contributed by atoms with Gasteiger partial charge in [-0.15, -0.1) is 13.2 Å². The van der Waals surface area contributed by atoms with Crippen molar-refractivity contribution in [3.63, 3.8) is 0 Å². The monoisotopic (exact) mass is 168 g/mol. The molecule has 1 rings (SSSR count). The fourth-order valence-electron chi connectivity index (χ4n) is 0.785. The van der Waals surface area contributed by atoms with Crippen molar-refractivity contribution in [2.45, 2.75) is 13.3 Å². The third-order valence-corrected chi connectivity index (χ3v) is 1.71. The molecule has 0 spiro atoms. The summed E-state index contributed by atoms with van der Waals surface area (Å²) in [7, 11) is 0. The van der Waals surface area contributed by atoms with Gasteiger partial charge in [0.1, 0.15) is 0 Å². The summed E-state index contributed by atoms with van der Waals surface area (Å²) in [6.07, 6.45) is 1.01. The standard InChI is InChI=1S/C8H9Cl.C2H4/c1-2-7-5-3-4-6-8(7)9;1-2/h3-6H,2H2,1H3;1-2H2. The van der Waals surface area contributed by atoms with Gasteiger partial charge < -0.3 is 0 Å². The topological polar surface area (TPSA) is 0 Å². The quantitative estimate of drug-likeness (QED) is 0.561. The van der Waals surface area contributed by atoms with Crippen LogP contribution < -0.4 is 0 Å². The van der Waals surface area contributed by atoms with Crippen molar-refractivity contribution in [3.05, 3.63) is 48.0 Å². The molecule has 0 aromatic heterocycles. The summed E-state index contributed by atoms with van der Waals surface area (Å²) < 4.78 is 0. The van der Waals surface area contributed by atoms with Crippen LogP contribution in [0.25, 0.3) is 0 Å². The van der Waals surface area contributed by atoms with Gasteiger partial charge in [-0.25, -0.2) is 0 Å². The second-order valence-electron chi connectivity index (χ2n) is 1.94. The van der Waals surface area contributed by atoms with Crippen LogP contribution in [-0.2, 0) is 6.42 Å². The Morgan fingerprint density at radius 2 is 1.82 bits per heavy atom. The van der Waals surface area contributed by atoms with Crippen LogP contribution in [-0.4, -0.2) is 0 Å². The molecule has 1 aromatic rings. The van der Waals surface area contributed by atoms with E-state index in [4.69, 9.17) is 11.6 Å². The molecule has 0 aliphatic rings. The van der Waals surface area contributed by atoms with Gasteiger partial charge in [-0.2, -0.15) is 0 Å². The molecular weight excluding hydrogens is 156 g/mol. The second-order valence-corrected chi connectivity index (χ2v) is 2.35. The highest BCUT2D eigenvalue weighted by molar-refractivity contribution is 6.31. The fourth-order valence-corrected chi connectivity index (χ4v) is 1.05. The van der Waals surface area contributed by atoms with Crippen molar-refractivity contribution < 1.29 is 0 Å². The minimum atomic E-state index is 0.875. The van der Waals surface area contributed by atoms with Crippen LogP contribution in [0.3, 0.4) is 0 Å². The maximum absolute atomic E-state index is 5.82. The summed E-state index contributed by atoms with van der Waals surface area (Å²) in [5, 5.41) is 0.875. The zero-order chi connectivity index (χ0) is 8.69. The lowest BCUT2D eigenvalue weighted by molar-refractivity contribution is 1.14. The van der Waals surface area contributed by atoms with Crippen LogP contribution in [0.2, 0.25) is 5.02 Å². The SMILES string of the molecule is C=C.CCc1ccccc1Cl. The second kappa shape index (κ2) is 5.99. The predicted octanol–water partition coefficient (Wildman–Crippen LogP) is 3.70. The zero-order valence-corrected chi connectivity index (χ0v) is 7.56. The van der Waals surface area contributed by atoms with Crippen molar-refractivity contribution in [1.82, 2.24) is 0 Å². The van der Waals surface area contributed by atoms with Gasteiger partial charge in [0.15, 0.2) is 0 Å². The Hall–Kier alpha value is -0.750. The molecule has 1 aromatic carbocycles. The number of halogens is 1. The van der Waals surface area contributed by atoms with Gasteiger partial charge in [0.2, 0.25) is 0 Å². The van der Waals surface area contributed by atoms with E-state index >= 15 is 0 Å². The van der Waals surface area contributed by atoms with Crippen molar-refractivity contribution >= 4 is 11.6 Å². The molecule has 0 N–H and O–H groups in total. The summed E-state index contributed by atoms with van der Waals surface area (Å²) >= 11 is 5.82. The molecule has 0 fully saturated rings.